The maximum atomic E-state index is 12.1. The summed E-state index contributed by atoms with van der Waals surface area (Å²) in [6.07, 6.45) is 0. The number of carbonyl (C=O) groups excluding carboxylic acids is 3. The number of nitrogens with one attached hydrogen (secondary N) is 1. The fourth-order valence-corrected chi connectivity index (χ4v) is 2.58. The molecule has 102 valence electrons. The molecule has 1 aromatic rings. The van der Waals surface area contributed by atoms with Crippen LogP contribution in [-0.4, -0.2) is 39.8 Å². The van der Waals surface area contributed by atoms with Crippen molar-refractivity contribution in [3.05, 3.63) is 20.7 Å². The van der Waals surface area contributed by atoms with Crippen molar-refractivity contribution < 1.29 is 14.4 Å². The van der Waals surface area contributed by atoms with Crippen LogP contribution in [0, 0.1) is 6.92 Å². The molecule has 1 unspecified atom stereocenters. The zero-order chi connectivity index (χ0) is 14.2. The van der Waals surface area contributed by atoms with Gasteiger partial charge in [-0.15, -0.1) is 0 Å². The third-order valence-corrected chi connectivity index (χ3v) is 3.89. The Morgan fingerprint density at radius 1 is 1.47 bits per heavy atom. The van der Waals surface area contributed by atoms with Crippen molar-refractivity contribution in [2.45, 2.75) is 26.4 Å². The number of aromatic nitrogens is 1. The average molecular weight is 283 g/mol. The van der Waals surface area contributed by atoms with Crippen molar-refractivity contribution in [2.75, 3.05) is 6.54 Å². The Morgan fingerprint density at radius 2 is 2.16 bits per heavy atom. The molecule has 1 aliphatic heterocycles. The number of carbonyl (C=O) groups is 3. The maximum Gasteiger partial charge on any atom is 0.307 e. The molecular formula is C11H13N3O4S. The number of imide groups is 1. The van der Waals surface area contributed by atoms with Gasteiger partial charge < -0.3 is 4.90 Å². The molecule has 0 radical (unpaired) electrons. The molecule has 1 atom stereocenters. The molecule has 1 N–H and O–H groups in total. The highest BCUT2D eigenvalue weighted by atomic mass is 32.1. The first-order chi connectivity index (χ1) is 8.90. The quantitative estimate of drug-likeness (QED) is 0.712. The Labute approximate surface area is 112 Å². The van der Waals surface area contributed by atoms with Crippen molar-refractivity contribution >= 4 is 29.1 Å². The molecule has 1 aliphatic rings. The smallest absolute Gasteiger partial charge is 0.307 e. The largest absolute Gasteiger partial charge is 0.320 e. The maximum absolute atomic E-state index is 12.1. The standard InChI is InChI=1S/C11H13N3O4S/c1-6-5-19-11(18)13(6)4-9(16)14-3-8(15)12-10(17)7(14)2/h5,7H,3-4H2,1-2H3,(H,12,15,17). The van der Waals surface area contributed by atoms with Gasteiger partial charge in [0, 0.05) is 11.1 Å². The van der Waals surface area contributed by atoms with E-state index in [-0.39, 0.29) is 18.0 Å². The third kappa shape index (κ3) is 2.58. The second kappa shape index (κ2) is 4.96. The molecule has 0 aromatic carbocycles. The van der Waals surface area contributed by atoms with Crippen molar-refractivity contribution in [1.29, 1.82) is 0 Å². The van der Waals surface area contributed by atoms with Crippen molar-refractivity contribution in [2.24, 2.45) is 0 Å². The number of aryl methyl sites for hydroxylation is 1. The average Bonchev–Trinajstić information content (AvgIpc) is 2.65. The molecule has 19 heavy (non-hydrogen) atoms. The van der Waals surface area contributed by atoms with Crippen molar-refractivity contribution in [3.8, 4) is 0 Å². The Kier molecular flexibility index (Phi) is 3.52. The lowest BCUT2D eigenvalue weighted by molar-refractivity contribution is -0.149. The summed E-state index contributed by atoms with van der Waals surface area (Å²) >= 11 is 1.01. The van der Waals surface area contributed by atoms with Gasteiger partial charge >= 0.3 is 4.87 Å². The molecule has 7 nitrogen and oxygen atoms in total. The summed E-state index contributed by atoms with van der Waals surface area (Å²) in [4.78, 5) is 47.3. The molecule has 0 aliphatic carbocycles. The monoisotopic (exact) mass is 283 g/mol. The SMILES string of the molecule is Cc1csc(=O)n1CC(=O)N1CC(=O)NC(=O)C1C. The van der Waals surface area contributed by atoms with Gasteiger partial charge in [-0.1, -0.05) is 11.3 Å². The van der Waals surface area contributed by atoms with Gasteiger partial charge in [0.05, 0.1) is 0 Å². The first-order valence-corrected chi connectivity index (χ1v) is 6.56. The van der Waals surface area contributed by atoms with Gasteiger partial charge in [0.1, 0.15) is 19.1 Å². The molecule has 0 bridgehead atoms. The van der Waals surface area contributed by atoms with Crippen LogP contribution in [-0.2, 0) is 20.9 Å². The first kappa shape index (κ1) is 13.5. The fourth-order valence-electron chi connectivity index (χ4n) is 1.84. The van der Waals surface area contributed by atoms with E-state index in [9.17, 15) is 19.2 Å². The second-order valence-corrected chi connectivity index (χ2v) is 5.16. The van der Waals surface area contributed by atoms with Gasteiger partial charge in [-0.25, -0.2) is 0 Å². The summed E-state index contributed by atoms with van der Waals surface area (Å²) < 4.78 is 1.33. The molecule has 2 rings (SSSR count). The number of thiazole rings is 1. The predicted molar refractivity (Wildman–Crippen MR) is 67.6 cm³/mol. The lowest BCUT2D eigenvalue weighted by atomic mass is 10.2. The molecule has 1 saturated heterocycles. The normalized spacial score (nSPS) is 19.5. The Bertz CT molecular complexity index is 603. The van der Waals surface area contributed by atoms with E-state index in [0.29, 0.717) is 5.69 Å². The number of hydrogen-bond donors (Lipinski definition) is 1. The fraction of sp³-hybridized carbons (Fsp3) is 0.455. The summed E-state index contributed by atoms with van der Waals surface area (Å²) in [7, 11) is 0. The topological polar surface area (TPSA) is 88.5 Å². The zero-order valence-corrected chi connectivity index (χ0v) is 11.3. The predicted octanol–water partition coefficient (Wildman–Crippen LogP) is -0.908. The van der Waals surface area contributed by atoms with Crippen LogP contribution < -0.4 is 10.2 Å². The first-order valence-electron chi connectivity index (χ1n) is 5.68. The minimum atomic E-state index is -0.708. The van der Waals surface area contributed by atoms with Gasteiger partial charge in [0.15, 0.2) is 0 Å². The van der Waals surface area contributed by atoms with E-state index in [4.69, 9.17) is 0 Å². The van der Waals surface area contributed by atoms with E-state index in [1.807, 2.05) is 0 Å². The summed E-state index contributed by atoms with van der Waals surface area (Å²) in [5, 5.41) is 3.82. The molecule has 0 saturated carbocycles. The number of rotatable bonds is 2. The Balaban J connectivity index is 2.18. The highest BCUT2D eigenvalue weighted by molar-refractivity contribution is 7.07. The summed E-state index contributed by atoms with van der Waals surface area (Å²) in [5.74, 6) is -1.43. The highest BCUT2D eigenvalue weighted by Gasteiger charge is 2.33. The molecular weight excluding hydrogens is 270 g/mol. The molecule has 0 spiro atoms. The number of nitrogens with zero attached hydrogens (tertiary/aromatic N) is 2. The minimum Gasteiger partial charge on any atom is -0.320 e. The van der Waals surface area contributed by atoms with Crippen LogP contribution in [0.1, 0.15) is 12.6 Å². The van der Waals surface area contributed by atoms with E-state index < -0.39 is 23.8 Å². The van der Waals surface area contributed by atoms with E-state index in [1.165, 1.54) is 9.47 Å². The van der Waals surface area contributed by atoms with E-state index in [0.717, 1.165) is 11.3 Å². The number of piperazine rings is 1. The van der Waals surface area contributed by atoms with Crippen LogP contribution in [0.2, 0.25) is 0 Å². The van der Waals surface area contributed by atoms with Crippen LogP contribution in [0.5, 0.6) is 0 Å². The lowest BCUT2D eigenvalue weighted by Gasteiger charge is -2.31. The minimum absolute atomic E-state index is 0.154. The number of hydrogen-bond acceptors (Lipinski definition) is 5. The van der Waals surface area contributed by atoms with Crippen LogP contribution in [0.4, 0.5) is 0 Å². The van der Waals surface area contributed by atoms with E-state index >= 15 is 0 Å². The van der Waals surface area contributed by atoms with Crippen LogP contribution in [0.15, 0.2) is 10.2 Å². The van der Waals surface area contributed by atoms with Crippen molar-refractivity contribution in [3.63, 3.8) is 0 Å². The van der Waals surface area contributed by atoms with E-state index in [2.05, 4.69) is 5.32 Å². The number of amides is 3. The van der Waals surface area contributed by atoms with Gasteiger partial charge in [-0.2, -0.15) is 0 Å². The summed E-state index contributed by atoms with van der Waals surface area (Å²) in [6, 6.07) is -0.708. The second-order valence-electron chi connectivity index (χ2n) is 4.34. The molecule has 1 aromatic heterocycles. The van der Waals surface area contributed by atoms with Crippen LogP contribution in [0.25, 0.3) is 0 Å². The summed E-state index contributed by atoms with van der Waals surface area (Å²) in [5.41, 5.74) is 0.684. The lowest BCUT2D eigenvalue weighted by Crippen LogP contribution is -2.59. The third-order valence-electron chi connectivity index (χ3n) is 3.01. The zero-order valence-electron chi connectivity index (χ0n) is 10.5. The molecule has 2 heterocycles. The van der Waals surface area contributed by atoms with Crippen LogP contribution >= 0.6 is 11.3 Å². The van der Waals surface area contributed by atoms with E-state index in [1.54, 1.807) is 19.2 Å². The van der Waals surface area contributed by atoms with Gasteiger partial charge in [-0.3, -0.25) is 29.1 Å². The Morgan fingerprint density at radius 3 is 2.74 bits per heavy atom. The Hall–Kier alpha value is -1.96. The van der Waals surface area contributed by atoms with Crippen LogP contribution in [0.3, 0.4) is 0 Å². The molecule has 8 heteroatoms. The summed E-state index contributed by atoms with van der Waals surface area (Å²) in [6.45, 7) is 2.95. The molecule has 3 amide bonds. The van der Waals surface area contributed by atoms with Gasteiger partial charge in [-0.05, 0) is 13.8 Å². The van der Waals surface area contributed by atoms with Crippen molar-refractivity contribution in [1.82, 2.24) is 14.8 Å². The van der Waals surface area contributed by atoms with Gasteiger partial charge in [0.25, 0.3) is 0 Å². The molecule has 1 fully saturated rings. The highest BCUT2D eigenvalue weighted by Crippen LogP contribution is 2.07. The van der Waals surface area contributed by atoms with Gasteiger partial charge in [0.2, 0.25) is 17.7 Å².